The first-order valence-corrected chi connectivity index (χ1v) is 7.43. The number of hydrogen-bond donors (Lipinski definition) is 2. The van der Waals surface area contributed by atoms with Crippen molar-refractivity contribution in [2.45, 2.75) is 27.7 Å². The van der Waals surface area contributed by atoms with E-state index in [2.05, 4.69) is 38.1 Å². The Morgan fingerprint density at radius 2 is 1.73 bits per heavy atom. The van der Waals surface area contributed by atoms with Crippen LogP contribution in [-0.2, 0) is 4.79 Å². The molecular formula is C17H21N3O2. The van der Waals surface area contributed by atoms with Gasteiger partial charge in [-0.3, -0.25) is 14.7 Å². The number of nitrogens with zero attached hydrogens (tertiary/aromatic N) is 1. The van der Waals surface area contributed by atoms with Gasteiger partial charge in [-0.2, -0.15) is 0 Å². The van der Waals surface area contributed by atoms with Gasteiger partial charge < -0.3 is 5.32 Å². The molecule has 0 atom stereocenters. The van der Waals surface area contributed by atoms with E-state index >= 15 is 0 Å². The van der Waals surface area contributed by atoms with E-state index in [1.165, 1.54) is 10.7 Å². The number of carbonyl (C=O) groups is 1. The smallest absolute Gasteiger partial charge is 0.273 e. The molecule has 0 saturated heterocycles. The Bertz CT molecular complexity index is 755. The van der Waals surface area contributed by atoms with Crippen LogP contribution in [0.25, 0.3) is 5.69 Å². The van der Waals surface area contributed by atoms with Gasteiger partial charge in [0.1, 0.15) is 5.82 Å². The minimum absolute atomic E-state index is 0.0284. The van der Waals surface area contributed by atoms with E-state index < -0.39 is 0 Å². The van der Waals surface area contributed by atoms with Crippen molar-refractivity contribution < 1.29 is 4.79 Å². The number of rotatable bonds is 3. The highest BCUT2D eigenvalue weighted by Gasteiger charge is 2.68. The fourth-order valence-electron chi connectivity index (χ4n) is 3.29. The van der Waals surface area contributed by atoms with E-state index in [1.54, 1.807) is 0 Å². The van der Waals surface area contributed by atoms with Crippen molar-refractivity contribution in [3.05, 3.63) is 46.8 Å². The predicted molar refractivity (Wildman–Crippen MR) is 86.1 cm³/mol. The Labute approximate surface area is 129 Å². The minimum Gasteiger partial charge on any atom is -0.311 e. The van der Waals surface area contributed by atoms with Gasteiger partial charge in [-0.25, -0.2) is 4.68 Å². The molecular weight excluding hydrogens is 278 g/mol. The first-order chi connectivity index (χ1) is 10.2. The number of H-pyrrole nitrogens is 1. The van der Waals surface area contributed by atoms with Crippen LogP contribution in [0.2, 0.25) is 0 Å². The van der Waals surface area contributed by atoms with Crippen molar-refractivity contribution in [3.63, 3.8) is 0 Å². The number of anilines is 1. The van der Waals surface area contributed by atoms with Crippen molar-refractivity contribution in [2.75, 3.05) is 5.32 Å². The molecule has 5 nitrogen and oxygen atoms in total. The molecule has 1 aliphatic rings. The van der Waals surface area contributed by atoms with Crippen molar-refractivity contribution >= 4 is 11.7 Å². The fraction of sp³-hybridized carbons (Fsp3) is 0.412. The normalized spacial score (nSPS) is 18.9. The summed E-state index contributed by atoms with van der Waals surface area (Å²) in [6, 6.07) is 10.7. The van der Waals surface area contributed by atoms with Crippen molar-refractivity contribution in [3.8, 4) is 5.69 Å². The number of amides is 1. The van der Waals surface area contributed by atoms with Crippen molar-refractivity contribution in [2.24, 2.45) is 16.7 Å². The molecule has 1 aromatic carbocycles. The molecule has 22 heavy (non-hydrogen) atoms. The second-order valence-electron chi connectivity index (χ2n) is 7.04. The lowest BCUT2D eigenvalue weighted by atomic mass is 10.0. The van der Waals surface area contributed by atoms with Crippen LogP contribution in [0, 0.1) is 16.7 Å². The van der Waals surface area contributed by atoms with Gasteiger partial charge >= 0.3 is 0 Å². The molecule has 116 valence electrons. The van der Waals surface area contributed by atoms with Crippen LogP contribution in [-0.4, -0.2) is 15.7 Å². The third kappa shape index (κ3) is 2.08. The summed E-state index contributed by atoms with van der Waals surface area (Å²) >= 11 is 0. The lowest BCUT2D eigenvalue weighted by Crippen LogP contribution is -2.18. The Kier molecular flexibility index (Phi) is 3.06. The number of aromatic amines is 1. The molecule has 1 amide bonds. The molecule has 0 radical (unpaired) electrons. The standard InChI is InChI=1S/C17H21N3O2/c1-16(2)14(17(16,3)4)15(22)18-12-10-13(21)20(19-12)11-8-6-5-7-9-11/h5-10,14,19H,1-4H3,(H,18,22). The third-order valence-electron chi connectivity index (χ3n) is 5.28. The number of benzene rings is 1. The maximum absolute atomic E-state index is 12.4. The van der Waals surface area contributed by atoms with Crippen molar-refractivity contribution in [1.82, 2.24) is 9.78 Å². The van der Waals surface area contributed by atoms with E-state index in [0.717, 1.165) is 5.69 Å². The molecule has 1 aromatic heterocycles. The molecule has 0 bridgehead atoms. The number of para-hydroxylation sites is 1. The highest BCUT2D eigenvalue weighted by atomic mass is 16.2. The lowest BCUT2D eigenvalue weighted by molar-refractivity contribution is -0.118. The largest absolute Gasteiger partial charge is 0.311 e. The number of carbonyl (C=O) groups excluding carboxylic acids is 1. The predicted octanol–water partition coefficient (Wildman–Crippen LogP) is 2.79. The summed E-state index contributed by atoms with van der Waals surface area (Å²) < 4.78 is 1.42. The fourth-order valence-corrected chi connectivity index (χ4v) is 3.29. The van der Waals surface area contributed by atoms with Crippen LogP contribution in [0.4, 0.5) is 5.82 Å². The second kappa shape index (κ2) is 4.60. The zero-order valence-electron chi connectivity index (χ0n) is 13.3. The van der Waals surface area contributed by atoms with E-state index in [4.69, 9.17) is 0 Å². The molecule has 2 aromatic rings. The summed E-state index contributed by atoms with van der Waals surface area (Å²) in [7, 11) is 0. The molecule has 0 aliphatic heterocycles. The van der Waals surface area contributed by atoms with Gasteiger partial charge in [0.05, 0.1) is 5.69 Å². The summed E-state index contributed by atoms with van der Waals surface area (Å²) in [5.74, 6) is 0.331. The van der Waals surface area contributed by atoms with E-state index in [1.807, 2.05) is 30.3 Å². The average Bonchev–Trinajstić information content (AvgIpc) is 2.69. The highest BCUT2D eigenvalue weighted by Crippen LogP contribution is 2.68. The van der Waals surface area contributed by atoms with Gasteiger partial charge in [0.25, 0.3) is 5.56 Å². The average molecular weight is 299 g/mol. The van der Waals surface area contributed by atoms with Crippen LogP contribution in [0.5, 0.6) is 0 Å². The molecule has 0 unspecified atom stereocenters. The zero-order chi connectivity index (χ0) is 16.1. The monoisotopic (exact) mass is 299 g/mol. The number of hydrogen-bond acceptors (Lipinski definition) is 2. The Hall–Kier alpha value is -2.30. The molecule has 1 aliphatic carbocycles. The van der Waals surface area contributed by atoms with Gasteiger partial charge in [0.15, 0.2) is 0 Å². The minimum atomic E-state index is -0.198. The maximum atomic E-state index is 12.4. The summed E-state index contributed by atoms with van der Waals surface area (Å²) in [4.78, 5) is 24.5. The third-order valence-corrected chi connectivity index (χ3v) is 5.28. The highest BCUT2D eigenvalue weighted by molar-refractivity contribution is 5.95. The second-order valence-corrected chi connectivity index (χ2v) is 7.04. The van der Waals surface area contributed by atoms with Gasteiger partial charge in [0, 0.05) is 12.0 Å². The molecule has 5 heteroatoms. The van der Waals surface area contributed by atoms with Gasteiger partial charge in [0.2, 0.25) is 5.91 Å². The molecule has 2 N–H and O–H groups in total. The summed E-state index contributed by atoms with van der Waals surface area (Å²) in [5.41, 5.74) is 0.481. The Morgan fingerprint density at radius 1 is 1.14 bits per heavy atom. The van der Waals surface area contributed by atoms with Crippen LogP contribution in [0.1, 0.15) is 27.7 Å². The first kappa shape index (κ1) is 14.6. The first-order valence-electron chi connectivity index (χ1n) is 7.43. The number of aromatic nitrogens is 2. The quantitative estimate of drug-likeness (QED) is 0.915. The van der Waals surface area contributed by atoms with Crippen LogP contribution in [0.3, 0.4) is 0 Å². The van der Waals surface area contributed by atoms with Crippen LogP contribution in [0.15, 0.2) is 41.2 Å². The number of nitrogens with one attached hydrogen (secondary N) is 2. The Morgan fingerprint density at radius 3 is 2.27 bits per heavy atom. The Balaban J connectivity index is 1.81. The lowest BCUT2D eigenvalue weighted by Gasteiger charge is -2.05. The summed E-state index contributed by atoms with van der Waals surface area (Å²) in [5, 5.41) is 5.77. The van der Waals surface area contributed by atoms with Gasteiger partial charge in [-0.15, -0.1) is 0 Å². The summed E-state index contributed by atoms with van der Waals surface area (Å²) in [6.07, 6.45) is 0. The topological polar surface area (TPSA) is 66.9 Å². The molecule has 1 saturated carbocycles. The van der Waals surface area contributed by atoms with Crippen LogP contribution >= 0.6 is 0 Å². The van der Waals surface area contributed by atoms with E-state index in [0.29, 0.717) is 5.82 Å². The van der Waals surface area contributed by atoms with Gasteiger partial charge in [-0.1, -0.05) is 45.9 Å². The molecule has 0 spiro atoms. The maximum Gasteiger partial charge on any atom is 0.273 e. The molecule has 1 heterocycles. The van der Waals surface area contributed by atoms with Gasteiger partial charge in [-0.05, 0) is 23.0 Å². The van der Waals surface area contributed by atoms with Crippen LogP contribution < -0.4 is 10.9 Å². The van der Waals surface area contributed by atoms with E-state index in [-0.39, 0.29) is 28.2 Å². The zero-order valence-corrected chi connectivity index (χ0v) is 13.3. The SMILES string of the molecule is CC1(C)C(C(=O)Nc2cc(=O)n(-c3ccccc3)[nH]2)C1(C)C. The molecule has 3 rings (SSSR count). The summed E-state index contributed by atoms with van der Waals surface area (Å²) in [6.45, 7) is 8.37. The van der Waals surface area contributed by atoms with Crippen molar-refractivity contribution in [1.29, 1.82) is 0 Å². The molecule has 1 fully saturated rings. The van der Waals surface area contributed by atoms with E-state index in [9.17, 15) is 9.59 Å².